The van der Waals surface area contributed by atoms with Gasteiger partial charge in [-0.2, -0.15) is 5.10 Å². The van der Waals surface area contributed by atoms with E-state index >= 15 is 0 Å². The molecule has 5 rings (SSSR count). The Morgan fingerprint density at radius 2 is 1.49 bits per heavy atom. The van der Waals surface area contributed by atoms with Gasteiger partial charge in [0.05, 0.1) is 23.2 Å². The molecule has 0 aliphatic rings. The smallest absolute Gasteiger partial charge is 0.336 e. The van der Waals surface area contributed by atoms with E-state index in [0.29, 0.717) is 46.0 Å². The number of rotatable bonds is 6. The van der Waals surface area contributed by atoms with Gasteiger partial charge < -0.3 is 9.84 Å². The van der Waals surface area contributed by atoms with E-state index in [1.54, 1.807) is 48.0 Å². The number of fused-ring (bicyclic) bond motifs is 1. The van der Waals surface area contributed by atoms with Crippen molar-refractivity contribution in [2.45, 2.75) is 13.5 Å². The molecule has 8 heteroatoms. The Labute approximate surface area is 199 Å². The van der Waals surface area contributed by atoms with Gasteiger partial charge in [-0.25, -0.2) is 18.6 Å². The summed E-state index contributed by atoms with van der Waals surface area (Å²) in [6.07, 6.45) is 0. The van der Waals surface area contributed by atoms with Crippen LogP contribution in [0, 0.1) is 18.6 Å². The first-order valence-electron chi connectivity index (χ1n) is 10.8. The third-order valence-electron chi connectivity index (χ3n) is 5.64. The van der Waals surface area contributed by atoms with Crippen LogP contribution in [-0.4, -0.2) is 25.8 Å². The lowest BCUT2D eigenvalue weighted by molar-refractivity contribution is 0.0699. The van der Waals surface area contributed by atoms with E-state index in [1.807, 2.05) is 12.1 Å². The molecule has 2 heterocycles. The number of aromatic nitrogens is 3. The Hall–Kier alpha value is -4.59. The van der Waals surface area contributed by atoms with E-state index in [4.69, 9.17) is 4.74 Å². The Morgan fingerprint density at radius 1 is 0.914 bits per heavy atom. The molecular formula is C27H19F2N3O3. The zero-order chi connectivity index (χ0) is 24.5. The van der Waals surface area contributed by atoms with Gasteiger partial charge in [-0.3, -0.25) is 4.68 Å². The van der Waals surface area contributed by atoms with Crippen molar-refractivity contribution in [1.82, 2.24) is 14.8 Å². The highest BCUT2D eigenvalue weighted by Crippen LogP contribution is 2.28. The molecule has 0 aliphatic carbocycles. The second kappa shape index (κ2) is 8.98. The molecule has 0 amide bonds. The highest BCUT2D eigenvalue weighted by atomic mass is 19.1. The van der Waals surface area contributed by atoms with E-state index in [-0.39, 0.29) is 17.2 Å². The van der Waals surface area contributed by atoms with Crippen molar-refractivity contribution in [1.29, 1.82) is 0 Å². The fraction of sp³-hybridized carbons (Fsp3) is 0.0741. The fourth-order valence-corrected chi connectivity index (χ4v) is 3.84. The zero-order valence-electron chi connectivity index (χ0n) is 18.6. The van der Waals surface area contributed by atoms with Gasteiger partial charge in [0.2, 0.25) is 0 Å². The summed E-state index contributed by atoms with van der Waals surface area (Å²) in [7, 11) is 0. The minimum atomic E-state index is -1.09. The van der Waals surface area contributed by atoms with Crippen LogP contribution in [0.2, 0.25) is 0 Å². The van der Waals surface area contributed by atoms with E-state index in [1.165, 1.54) is 30.3 Å². The maximum atomic E-state index is 13.3. The molecule has 6 nitrogen and oxygen atoms in total. The SMILES string of the molecule is Cc1c2c(C(=O)O)cc(-c3ccc(F)cc3)nc2nn1Cc1ccc(Oc2ccc(F)cc2)cc1. The third kappa shape index (κ3) is 4.59. The molecule has 2 aromatic heterocycles. The van der Waals surface area contributed by atoms with Crippen LogP contribution in [0.5, 0.6) is 11.5 Å². The number of hydrogen-bond acceptors (Lipinski definition) is 4. The molecule has 5 aromatic rings. The number of halogens is 2. The molecular weight excluding hydrogens is 452 g/mol. The highest BCUT2D eigenvalue weighted by Gasteiger charge is 2.19. The van der Waals surface area contributed by atoms with E-state index in [2.05, 4.69) is 10.1 Å². The van der Waals surface area contributed by atoms with Gasteiger partial charge in [-0.1, -0.05) is 12.1 Å². The first kappa shape index (κ1) is 22.2. The van der Waals surface area contributed by atoms with Crippen LogP contribution < -0.4 is 4.74 Å². The number of carbonyl (C=O) groups is 1. The molecule has 0 saturated carbocycles. The maximum Gasteiger partial charge on any atom is 0.336 e. The summed E-state index contributed by atoms with van der Waals surface area (Å²) < 4.78 is 33.8. The van der Waals surface area contributed by atoms with Gasteiger partial charge in [0.1, 0.15) is 23.1 Å². The topological polar surface area (TPSA) is 77.2 Å². The first-order valence-corrected chi connectivity index (χ1v) is 10.8. The molecule has 0 bridgehead atoms. The number of pyridine rings is 1. The molecule has 0 unspecified atom stereocenters. The summed E-state index contributed by atoms with van der Waals surface area (Å²) in [6, 6.07) is 20.3. The lowest BCUT2D eigenvalue weighted by Crippen LogP contribution is -2.04. The maximum absolute atomic E-state index is 13.3. The second-order valence-corrected chi connectivity index (χ2v) is 8.01. The number of nitrogens with zero attached hydrogens (tertiary/aromatic N) is 3. The van der Waals surface area contributed by atoms with Crippen molar-refractivity contribution in [2.75, 3.05) is 0 Å². The van der Waals surface area contributed by atoms with E-state index in [0.717, 1.165) is 5.56 Å². The molecule has 3 aromatic carbocycles. The number of carboxylic acid groups (broad SMARTS) is 1. The number of aromatic carboxylic acids is 1. The lowest BCUT2D eigenvalue weighted by Gasteiger charge is -2.08. The summed E-state index contributed by atoms with van der Waals surface area (Å²) in [6.45, 7) is 2.19. The van der Waals surface area contributed by atoms with Crippen molar-refractivity contribution >= 4 is 17.0 Å². The normalized spacial score (nSPS) is 11.1. The van der Waals surface area contributed by atoms with Gasteiger partial charge >= 0.3 is 5.97 Å². The molecule has 35 heavy (non-hydrogen) atoms. The monoisotopic (exact) mass is 471 g/mol. The van der Waals surface area contributed by atoms with Gasteiger partial charge in [0.25, 0.3) is 0 Å². The molecule has 0 aliphatic heterocycles. The van der Waals surface area contributed by atoms with Crippen LogP contribution in [0.3, 0.4) is 0 Å². The average Bonchev–Trinajstić information content (AvgIpc) is 3.16. The number of carboxylic acids is 1. The Kier molecular flexibility index (Phi) is 5.70. The van der Waals surface area contributed by atoms with Crippen molar-refractivity contribution in [3.05, 3.63) is 107 Å². The first-order chi connectivity index (χ1) is 16.9. The summed E-state index contributed by atoms with van der Waals surface area (Å²) in [5, 5.41) is 14.8. The van der Waals surface area contributed by atoms with E-state index in [9.17, 15) is 18.7 Å². The van der Waals surface area contributed by atoms with Gasteiger partial charge in [-0.05, 0) is 79.2 Å². The van der Waals surface area contributed by atoms with Crippen LogP contribution in [-0.2, 0) is 6.54 Å². The zero-order valence-corrected chi connectivity index (χ0v) is 18.6. The van der Waals surface area contributed by atoms with Crippen molar-refractivity contribution in [2.24, 2.45) is 0 Å². The number of benzene rings is 3. The largest absolute Gasteiger partial charge is 0.478 e. The number of ether oxygens (including phenoxy) is 1. The van der Waals surface area contributed by atoms with E-state index < -0.39 is 5.97 Å². The molecule has 0 atom stereocenters. The Morgan fingerprint density at radius 3 is 2.09 bits per heavy atom. The predicted molar refractivity (Wildman–Crippen MR) is 127 cm³/mol. The third-order valence-corrected chi connectivity index (χ3v) is 5.64. The average molecular weight is 471 g/mol. The van der Waals surface area contributed by atoms with Crippen LogP contribution in [0.15, 0.2) is 78.9 Å². The Balaban J connectivity index is 1.45. The summed E-state index contributed by atoms with van der Waals surface area (Å²) >= 11 is 0. The molecule has 0 spiro atoms. The summed E-state index contributed by atoms with van der Waals surface area (Å²) in [5.41, 5.74) is 2.98. The Bertz CT molecular complexity index is 1530. The van der Waals surface area contributed by atoms with Crippen LogP contribution in [0.1, 0.15) is 21.6 Å². The van der Waals surface area contributed by atoms with Gasteiger partial charge in [-0.15, -0.1) is 0 Å². The number of hydrogen-bond donors (Lipinski definition) is 1. The molecule has 0 fully saturated rings. The highest BCUT2D eigenvalue weighted by molar-refractivity contribution is 6.04. The quantitative estimate of drug-likeness (QED) is 0.318. The summed E-state index contributed by atoms with van der Waals surface area (Å²) in [5.74, 6) is -0.688. The lowest BCUT2D eigenvalue weighted by atomic mass is 10.1. The van der Waals surface area contributed by atoms with Crippen LogP contribution in [0.4, 0.5) is 8.78 Å². The van der Waals surface area contributed by atoms with Gasteiger partial charge in [0.15, 0.2) is 5.65 Å². The van der Waals surface area contributed by atoms with Crippen molar-refractivity contribution < 1.29 is 23.4 Å². The minimum absolute atomic E-state index is 0.0844. The molecule has 1 N–H and O–H groups in total. The van der Waals surface area contributed by atoms with Crippen molar-refractivity contribution in [3.63, 3.8) is 0 Å². The molecule has 0 saturated heterocycles. The fourth-order valence-electron chi connectivity index (χ4n) is 3.84. The van der Waals surface area contributed by atoms with Crippen LogP contribution in [0.25, 0.3) is 22.3 Å². The second-order valence-electron chi connectivity index (χ2n) is 8.01. The van der Waals surface area contributed by atoms with Gasteiger partial charge in [0, 0.05) is 11.3 Å². The minimum Gasteiger partial charge on any atom is -0.478 e. The van der Waals surface area contributed by atoms with Crippen LogP contribution >= 0.6 is 0 Å². The number of aryl methyl sites for hydroxylation is 1. The predicted octanol–water partition coefficient (Wildman–Crippen LogP) is 6.22. The standard InChI is InChI=1S/C27H19F2N3O3/c1-16-25-23(27(33)34)14-24(18-4-6-19(28)7-5-18)30-26(25)31-32(16)15-17-2-10-21(11-3-17)35-22-12-8-20(29)9-13-22/h2-14H,15H2,1H3,(H,33,34). The molecule has 174 valence electrons. The van der Waals surface area contributed by atoms with Crippen molar-refractivity contribution in [3.8, 4) is 22.8 Å². The summed E-state index contributed by atoms with van der Waals surface area (Å²) in [4.78, 5) is 16.6. The molecule has 0 radical (unpaired) electrons.